The van der Waals surface area contributed by atoms with Gasteiger partial charge in [-0.3, -0.25) is 19.1 Å². The van der Waals surface area contributed by atoms with Crippen LogP contribution in [0.1, 0.15) is 39.8 Å². The number of carbonyl (C=O) groups excluding carboxylic acids is 1. The molecule has 24 heavy (non-hydrogen) atoms. The van der Waals surface area contributed by atoms with Gasteiger partial charge in [-0.2, -0.15) is 0 Å². The Bertz CT molecular complexity index is 723. The average Bonchev–Trinajstić information content (AvgIpc) is 2.64. The number of aromatic nitrogens is 2. The van der Waals surface area contributed by atoms with Crippen molar-refractivity contribution in [2.24, 2.45) is 0 Å². The minimum atomic E-state index is -2.36. The molecule has 4 atom stereocenters. The molecule has 1 aliphatic heterocycles. The van der Waals surface area contributed by atoms with Gasteiger partial charge in [0.2, 0.25) is 0 Å². The van der Waals surface area contributed by atoms with Crippen molar-refractivity contribution in [3.05, 3.63) is 33.1 Å². The largest absolute Gasteiger partial charge is 0.463 e. The lowest BCUT2D eigenvalue weighted by atomic mass is 9.84. The predicted octanol–water partition coefficient (Wildman–Crippen LogP) is 0.257. The first-order valence-corrected chi connectivity index (χ1v) is 7.65. The molecular weight excluding hydrogens is 323 g/mol. The number of H-pyrrole nitrogens is 1. The van der Waals surface area contributed by atoms with E-state index in [2.05, 4.69) is 0 Å². The van der Waals surface area contributed by atoms with Gasteiger partial charge in [-0.25, -0.2) is 9.18 Å². The lowest BCUT2D eigenvalue weighted by molar-refractivity contribution is -0.153. The first-order chi connectivity index (χ1) is 11.1. The monoisotopic (exact) mass is 344 g/mol. The van der Waals surface area contributed by atoms with Gasteiger partial charge in [0.25, 0.3) is 5.56 Å². The van der Waals surface area contributed by atoms with E-state index in [0.29, 0.717) is 6.42 Å². The van der Waals surface area contributed by atoms with E-state index in [4.69, 9.17) is 9.47 Å². The normalized spacial score (nSPS) is 32.7. The molecular formula is C15H21FN2O6. The van der Waals surface area contributed by atoms with E-state index in [0.717, 1.165) is 23.8 Å². The van der Waals surface area contributed by atoms with Crippen LogP contribution >= 0.6 is 0 Å². The summed E-state index contributed by atoms with van der Waals surface area (Å²) in [7, 11) is 0. The highest BCUT2D eigenvalue weighted by Gasteiger charge is 2.63. The van der Waals surface area contributed by atoms with Crippen molar-refractivity contribution in [2.75, 3.05) is 6.61 Å². The molecule has 0 aromatic carbocycles. The first-order valence-electron chi connectivity index (χ1n) is 7.65. The number of hydrogen-bond donors (Lipinski definition) is 2. The van der Waals surface area contributed by atoms with Gasteiger partial charge in [0.15, 0.2) is 11.9 Å². The molecule has 1 saturated heterocycles. The van der Waals surface area contributed by atoms with Crippen LogP contribution in [-0.2, 0) is 14.3 Å². The molecule has 0 unspecified atom stereocenters. The Labute approximate surface area is 137 Å². The van der Waals surface area contributed by atoms with Gasteiger partial charge in [0, 0.05) is 18.7 Å². The quantitative estimate of drug-likeness (QED) is 0.741. The summed E-state index contributed by atoms with van der Waals surface area (Å²) < 4.78 is 26.5. The van der Waals surface area contributed by atoms with Gasteiger partial charge in [-0.1, -0.05) is 6.92 Å². The minimum absolute atomic E-state index is 0.199. The molecule has 0 aliphatic carbocycles. The molecule has 134 valence electrons. The van der Waals surface area contributed by atoms with Crippen molar-refractivity contribution in [3.63, 3.8) is 0 Å². The van der Waals surface area contributed by atoms with E-state index in [1.165, 1.54) is 6.92 Å². The summed E-state index contributed by atoms with van der Waals surface area (Å²) in [4.78, 5) is 36.5. The van der Waals surface area contributed by atoms with Crippen molar-refractivity contribution in [2.45, 2.75) is 57.2 Å². The molecule has 1 aromatic rings. The third-order valence-electron chi connectivity index (χ3n) is 4.33. The van der Waals surface area contributed by atoms with Gasteiger partial charge in [-0.05, 0) is 20.3 Å². The van der Waals surface area contributed by atoms with E-state index in [1.807, 2.05) is 4.98 Å². The smallest absolute Gasteiger partial charge is 0.330 e. The van der Waals surface area contributed by atoms with Crippen LogP contribution in [0.2, 0.25) is 0 Å². The fourth-order valence-corrected chi connectivity index (χ4v) is 2.57. The molecule has 0 bridgehead atoms. The Hall–Kier alpha value is -2.00. The van der Waals surface area contributed by atoms with Gasteiger partial charge in [0.05, 0.1) is 0 Å². The standard InChI is InChI=1S/C15H21FN2O6/c1-4-5-11(20)23-8-9-15(3,22)14(2,16)12(24-9)18-7-6-10(19)17-13(18)21/h6-7,9,12,22H,4-5,8H2,1-3H3,(H,17,19,21)/t9-,12+,14+,15+/m1/s1. The van der Waals surface area contributed by atoms with E-state index < -0.39 is 40.8 Å². The molecule has 2 N–H and O–H groups in total. The zero-order chi connectivity index (χ0) is 18.1. The molecule has 1 aromatic heterocycles. The van der Waals surface area contributed by atoms with Gasteiger partial charge < -0.3 is 14.6 Å². The Morgan fingerprint density at radius 3 is 2.75 bits per heavy atom. The highest BCUT2D eigenvalue weighted by molar-refractivity contribution is 5.69. The van der Waals surface area contributed by atoms with Crippen LogP contribution in [0.25, 0.3) is 0 Å². The van der Waals surface area contributed by atoms with Crippen LogP contribution in [0.4, 0.5) is 4.39 Å². The van der Waals surface area contributed by atoms with Crippen molar-refractivity contribution in [1.82, 2.24) is 9.55 Å². The SMILES string of the molecule is CCCC(=O)OC[C@H]1O[C@H](n2ccc(=O)[nH]c2=O)[C@](C)(F)[C@@]1(C)O. The van der Waals surface area contributed by atoms with Crippen LogP contribution in [0.5, 0.6) is 0 Å². The molecule has 0 radical (unpaired) electrons. The maximum absolute atomic E-state index is 15.2. The Kier molecular flexibility index (Phi) is 4.95. The fourth-order valence-electron chi connectivity index (χ4n) is 2.57. The number of nitrogens with zero attached hydrogens (tertiary/aromatic N) is 1. The van der Waals surface area contributed by atoms with Crippen molar-refractivity contribution >= 4 is 5.97 Å². The van der Waals surface area contributed by atoms with Crippen molar-refractivity contribution in [1.29, 1.82) is 0 Å². The van der Waals surface area contributed by atoms with E-state index in [9.17, 15) is 19.5 Å². The number of esters is 1. The number of aromatic amines is 1. The summed E-state index contributed by atoms with van der Waals surface area (Å²) in [6, 6.07) is 1.05. The summed E-state index contributed by atoms with van der Waals surface area (Å²) in [6.45, 7) is 3.76. The zero-order valence-corrected chi connectivity index (χ0v) is 13.7. The minimum Gasteiger partial charge on any atom is -0.463 e. The third kappa shape index (κ3) is 3.13. The maximum atomic E-state index is 15.2. The Balaban J connectivity index is 2.27. The summed E-state index contributed by atoms with van der Waals surface area (Å²) in [5, 5.41) is 10.5. The Morgan fingerprint density at radius 1 is 1.50 bits per heavy atom. The molecule has 1 aliphatic rings. The topological polar surface area (TPSA) is 111 Å². The molecule has 0 amide bonds. The number of rotatable bonds is 5. The second kappa shape index (κ2) is 6.48. The average molecular weight is 344 g/mol. The summed E-state index contributed by atoms with van der Waals surface area (Å²) >= 11 is 0. The highest BCUT2D eigenvalue weighted by Crippen LogP contribution is 2.47. The number of nitrogens with one attached hydrogen (secondary N) is 1. The van der Waals surface area contributed by atoms with Crippen LogP contribution in [0.15, 0.2) is 21.9 Å². The van der Waals surface area contributed by atoms with Crippen LogP contribution in [0.3, 0.4) is 0 Å². The molecule has 1 fully saturated rings. The lowest BCUT2D eigenvalue weighted by Gasteiger charge is -2.32. The zero-order valence-electron chi connectivity index (χ0n) is 13.7. The molecule has 0 saturated carbocycles. The van der Waals surface area contributed by atoms with E-state index >= 15 is 4.39 Å². The number of carbonyl (C=O) groups is 1. The number of hydrogen-bond acceptors (Lipinski definition) is 6. The molecule has 8 nitrogen and oxygen atoms in total. The number of ether oxygens (including phenoxy) is 2. The molecule has 0 spiro atoms. The fraction of sp³-hybridized carbons (Fsp3) is 0.667. The first kappa shape index (κ1) is 18.3. The number of halogens is 1. The lowest BCUT2D eigenvalue weighted by Crippen LogP contribution is -2.53. The maximum Gasteiger partial charge on any atom is 0.330 e. The Morgan fingerprint density at radius 2 is 2.17 bits per heavy atom. The summed E-state index contributed by atoms with van der Waals surface area (Å²) in [5.41, 5.74) is -5.88. The van der Waals surface area contributed by atoms with E-state index in [1.54, 1.807) is 6.92 Å². The van der Waals surface area contributed by atoms with Gasteiger partial charge in [-0.15, -0.1) is 0 Å². The third-order valence-corrected chi connectivity index (χ3v) is 4.33. The number of alkyl halides is 1. The second-order valence-electron chi connectivity index (χ2n) is 6.15. The molecule has 9 heteroatoms. The van der Waals surface area contributed by atoms with E-state index in [-0.39, 0.29) is 13.0 Å². The molecule has 2 rings (SSSR count). The highest BCUT2D eigenvalue weighted by atomic mass is 19.1. The number of aliphatic hydroxyl groups is 1. The van der Waals surface area contributed by atoms with Crippen molar-refractivity contribution < 1.29 is 23.8 Å². The summed E-state index contributed by atoms with van der Waals surface area (Å²) in [6.07, 6.45) is -0.768. The van der Waals surface area contributed by atoms with Crippen LogP contribution in [0, 0.1) is 0 Å². The summed E-state index contributed by atoms with van der Waals surface area (Å²) in [5.74, 6) is -0.484. The molecule has 2 heterocycles. The van der Waals surface area contributed by atoms with Crippen LogP contribution in [-0.4, -0.2) is 44.6 Å². The van der Waals surface area contributed by atoms with Gasteiger partial charge >= 0.3 is 11.7 Å². The van der Waals surface area contributed by atoms with Crippen LogP contribution < -0.4 is 11.2 Å². The van der Waals surface area contributed by atoms with Gasteiger partial charge in [0.1, 0.15) is 18.3 Å². The van der Waals surface area contributed by atoms with Crippen molar-refractivity contribution in [3.8, 4) is 0 Å². The predicted molar refractivity (Wildman–Crippen MR) is 81.2 cm³/mol. The second-order valence-corrected chi connectivity index (χ2v) is 6.15.